The van der Waals surface area contributed by atoms with Crippen molar-refractivity contribution in [2.45, 2.75) is 62.6 Å². The number of hydrogen-bond acceptors (Lipinski definition) is 5. The highest BCUT2D eigenvalue weighted by Crippen LogP contribution is 2.27. The molecule has 1 N–H and O–H groups in total. The number of aryl methyl sites for hydroxylation is 1. The van der Waals surface area contributed by atoms with E-state index in [0.29, 0.717) is 11.4 Å². The summed E-state index contributed by atoms with van der Waals surface area (Å²) in [6.45, 7) is 1.51. The van der Waals surface area contributed by atoms with E-state index in [1.54, 1.807) is 48.5 Å². The molecule has 1 saturated carbocycles. The fourth-order valence-corrected chi connectivity index (χ4v) is 7.23. The molecule has 0 spiro atoms. The number of methoxy groups -OCH3 is 1. The molecule has 2 amide bonds. The average Bonchev–Trinajstić information content (AvgIpc) is 3.59. The topological polar surface area (TPSA) is 96.0 Å². The van der Waals surface area contributed by atoms with Crippen molar-refractivity contribution in [1.29, 1.82) is 0 Å². The third-order valence-electron chi connectivity index (χ3n) is 8.42. The van der Waals surface area contributed by atoms with Crippen LogP contribution in [0, 0.1) is 6.92 Å². The predicted octanol–water partition coefficient (Wildman–Crippen LogP) is 5.90. The predicted molar refractivity (Wildman–Crippen MR) is 180 cm³/mol. The summed E-state index contributed by atoms with van der Waals surface area (Å²) in [7, 11) is -2.64. The Hall–Kier alpha value is -4.63. The van der Waals surface area contributed by atoms with Crippen molar-refractivity contribution in [3.8, 4) is 5.75 Å². The van der Waals surface area contributed by atoms with Gasteiger partial charge in [0.15, 0.2) is 0 Å². The molecule has 46 heavy (non-hydrogen) atoms. The molecule has 1 fully saturated rings. The Kier molecular flexibility index (Phi) is 10.8. The highest BCUT2D eigenvalue weighted by atomic mass is 32.2. The Morgan fingerprint density at radius 2 is 1.41 bits per heavy atom. The van der Waals surface area contributed by atoms with E-state index in [1.165, 1.54) is 12.0 Å². The number of amides is 2. The lowest BCUT2D eigenvalue weighted by atomic mass is 10.0. The number of carbonyl (C=O) groups is 2. The van der Waals surface area contributed by atoms with Gasteiger partial charge in [-0.2, -0.15) is 0 Å². The van der Waals surface area contributed by atoms with Gasteiger partial charge in [0.25, 0.3) is 10.0 Å². The molecule has 1 aliphatic carbocycles. The van der Waals surface area contributed by atoms with Crippen LogP contribution in [0.15, 0.2) is 114 Å². The van der Waals surface area contributed by atoms with Gasteiger partial charge in [-0.05, 0) is 67.3 Å². The number of nitrogens with zero attached hydrogens (tertiary/aromatic N) is 2. The van der Waals surface area contributed by atoms with Gasteiger partial charge in [-0.1, -0.05) is 91.2 Å². The van der Waals surface area contributed by atoms with E-state index in [1.807, 2.05) is 67.6 Å². The molecule has 0 saturated heterocycles. The monoisotopic (exact) mass is 639 g/mol. The smallest absolute Gasteiger partial charge is 0.264 e. The summed E-state index contributed by atoms with van der Waals surface area (Å²) < 4.78 is 34.8. The first-order valence-electron chi connectivity index (χ1n) is 15.7. The van der Waals surface area contributed by atoms with E-state index in [2.05, 4.69) is 5.32 Å². The first-order valence-corrected chi connectivity index (χ1v) is 17.1. The van der Waals surface area contributed by atoms with E-state index in [9.17, 15) is 18.0 Å². The standard InChI is InChI=1S/C37H41N3O5S/c1-28-17-23-34(24-18-28)46(43,44)40(32-19-21-33(45-2)22-20-32)27-36(41)39(26-30-13-7-4-8-14-30)35(25-29-11-5-3-6-12-29)37(42)38-31-15-9-10-16-31/h3-8,11-14,17-24,31,35H,9-10,15-16,25-27H2,1-2H3,(H,38,42)/t35-/m1/s1. The second kappa shape index (κ2) is 15.1. The van der Waals surface area contributed by atoms with Gasteiger partial charge in [0, 0.05) is 19.0 Å². The zero-order chi connectivity index (χ0) is 32.5. The van der Waals surface area contributed by atoms with Crippen LogP contribution < -0.4 is 14.4 Å². The maximum absolute atomic E-state index is 14.6. The summed E-state index contributed by atoms with van der Waals surface area (Å²) in [5, 5.41) is 3.20. The Labute approximate surface area is 272 Å². The molecule has 0 unspecified atom stereocenters. The fraction of sp³-hybridized carbons (Fsp3) is 0.297. The number of hydrogen-bond donors (Lipinski definition) is 1. The largest absolute Gasteiger partial charge is 0.497 e. The molecule has 0 aromatic heterocycles. The molecule has 5 rings (SSSR count). The van der Waals surface area contributed by atoms with E-state index in [-0.39, 0.29) is 29.8 Å². The maximum Gasteiger partial charge on any atom is 0.264 e. The number of ether oxygens (including phenoxy) is 1. The van der Waals surface area contributed by atoms with Crippen LogP contribution in [0.3, 0.4) is 0 Å². The van der Waals surface area contributed by atoms with Gasteiger partial charge in [-0.15, -0.1) is 0 Å². The van der Waals surface area contributed by atoms with E-state index >= 15 is 0 Å². The van der Waals surface area contributed by atoms with E-state index in [4.69, 9.17) is 4.74 Å². The first kappa shape index (κ1) is 32.8. The molecular weight excluding hydrogens is 598 g/mol. The summed E-state index contributed by atoms with van der Waals surface area (Å²) in [5.41, 5.74) is 2.96. The highest BCUT2D eigenvalue weighted by molar-refractivity contribution is 7.92. The van der Waals surface area contributed by atoms with Crippen LogP contribution in [0.25, 0.3) is 0 Å². The second-order valence-electron chi connectivity index (χ2n) is 11.7. The van der Waals surface area contributed by atoms with Gasteiger partial charge in [-0.25, -0.2) is 8.42 Å². The summed E-state index contributed by atoms with van der Waals surface area (Å²) in [4.78, 5) is 30.2. The first-order chi connectivity index (χ1) is 22.2. The van der Waals surface area contributed by atoms with E-state index in [0.717, 1.165) is 46.7 Å². The quantitative estimate of drug-likeness (QED) is 0.197. The Morgan fingerprint density at radius 3 is 2.00 bits per heavy atom. The van der Waals surface area contributed by atoms with Gasteiger partial charge >= 0.3 is 0 Å². The van der Waals surface area contributed by atoms with E-state index < -0.39 is 28.5 Å². The van der Waals surface area contributed by atoms with Crippen LogP contribution in [0.4, 0.5) is 5.69 Å². The summed E-state index contributed by atoms with van der Waals surface area (Å²) >= 11 is 0. The van der Waals surface area contributed by atoms with Crippen LogP contribution in [0.5, 0.6) is 5.75 Å². The average molecular weight is 640 g/mol. The van der Waals surface area contributed by atoms with Crippen molar-refractivity contribution in [3.05, 3.63) is 126 Å². The van der Waals surface area contributed by atoms with Crippen molar-refractivity contribution in [1.82, 2.24) is 10.2 Å². The van der Waals surface area contributed by atoms with Gasteiger partial charge in [0.2, 0.25) is 11.8 Å². The third kappa shape index (κ3) is 8.14. The van der Waals surface area contributed by atoms with Crippen molar-refractivity contribution in [3.63, 3.8) is 0 Å². The lowest BCUT2D eigenvalue weighted by Crippen LogP contribution is -2.54. The molecule has 1 aliphatic rings. The molecule has 4 aromatic carbocycles. The number of nitrogens with one attached hydrogen (secondary N) is 1. The number of anilines is 1. The minimum atomic E-state index is -4.17. The lowest BCUT2D eigenvalue weighted by molar-refractivity contribution is -0.140. The molecule has 0 heterocycles. The molecular formula is C37H41N3O5S. The van der Waals surface area contributed by atoms with Crippen molar-refractivity contribution < 1.29 is 22.7 Å². The molecule has 240 valence electrons. The van der Waals surface area contributed by atoms with Crippen LogP contribution in [0.2, 0.25) is 0 Å². The summed E-state index contributed by atoms with van der Waals surface area (Å²) in [5.74, 6) is -0.171. The van der Waals surface area contributed by atoms with Gasteiger partial charge in [0.1, 0.15) is 18.3 Å². The zero-order valence-electron chi connectivity index (χ0n) is 26.3. The Balaban J connectivity index is 1.55. The minimum absolute atomic E-state index is 0.0529. The normalized spacial score (nSPS) is 14.0. The molecule has 8 nitrogen and oxygen atoms in total. The van der Waals surface area contributed by atoms with Crippen molar-refractivity contribution in [2.75, 3.05) is 18.0 Å². The summed E-state index contributed by atoms with van der Waals surface area (Å²) in [6.07, 6.45) is 4.18. The fourth-order valence-electron chi connectivity index (χ4n) is 5.82. The molecule has 9 heteroatoms. The SMILES string of the molecule is COc1ccc(N(CC(=O)N(Cc2ccccc2)[C@H](Cc2ccccc2)C(=O)NC2CCCC2)S(=O)(=O)c2ccc(C)cc2)cc1. The van der Waals surface area contributed by atoms with Gasteiger partial charge < -0.3 is 15.0 Å². The van der Waals surface area contributed by atoms with Crippen molar-refractivity contribution >= 4 is 27.5 Å². The highest BCUT2D eigenvalue weighted by Gasteiger charge is 2.35. The zero-order valence-corrected chi connectivity index (χ0v) is 27.2. The molecule has 0 bridgehead atoms. The number of sulfonamides is 1. The van der Waals surface area contributed by atoms with Crippen LogP contribution >= 0.6 is 0 Å². The number of benzene rings is 4. The number of rotatable bonds is 13. The maximum atomic E-state index is 14.6. The van der Waals surface area contributed by atoms with Gasteiger partial charge in [0.05, 0.1) is 17.7 Å². The molecule has 4 aromatic rings. The molecule has 1 atom stereocenters. The van der Waals surface area contributed by atoms with Crippen LogP contribution in [-0.4, -0.2) is 50.9 Å². The lowest BCUT2D eigenvalue weighted by Gasteiger charge is -2.34. The molecule has 0 radical (unpaired) electrons. The van der Waals surface area contributed by atoms with Crippen molar-refractivity contribution in [2.24, 2.45) is 0 Å². The third-order valence-corrected chi connectivity index (χ3v) is 10.2. The Morgan fingerprint density at radius 1 is 0.826 bits per heavy atom. The number of carbonyl (C=O) groups excluding carboxylic acids is 2. The second-order valence-corrected chi connectivity index (χ2v) is 13.6. The van der Waals surface area contributed by atoms with Crippen LogP contribution in [0.1, 0.15) is 42.4 Å². The van der Waals surface area contributed by atoms with Crippen LogP contribution in [-0.2, 0) is 32.6 Å². The van der Waals surface area contributed by atoms with Gasteiger partial charge in [-0.3, -0.25) is 13.9 Å². The minimum Gasteiger partial charge on any atom is -0.497 e. The summed E-state index contributed by atoms with van der Waals surface area (Å²) in [6, 6.07) is 31.3. The Bertz CT molecular complexity index is 1690. The molecule has 0 aliphatic heterocycles.